The van der Waals surface area contributed by atoms with Crippen LogP contribution in [0.15, 0.2) is 279 Å². The van der Waals surface area contributed by atoms with Crippen LogP contribution in [0.5, 0.6) is 11.5 Å². The Kier molecular flexibility index (Phi) is 15.7. The quantitative estimate of drug-likeness (QED) is 0.0959. The molecule has 0 saturated carbocycles. The SMILES string of the molecule is Cc1ccc(N(c2ccc(C)cc2)c2cccc(-c3cc(N(c4ccc(C)cc4)c4ccc(C)cc4)ccc3Oc3ccc(N(c4ccc(C)cc4)c4ccc(C)cc4)cc3-c3cccc(N(c4ccc(C)cc4)c4ccc(C)cc4)c3)c2)cc1. The Morgan fingerprint density at radius 1 is 0.188 bits per heavy atom. The topological polar surface area (TPSA) is 22.2 Å². The third-order valence-corrected chi connectivity index (χ3v) is 15.8. The van der Waals surface area contributed by atoms with Crippen molar-refractivity contribution in [2.45, 2.75) is 55.4 Å². The molecule has 0 atom stereocenters. The maximum atomic E-state index is 7.63. The number of hydrogen-bond donors (Lipinski definition) is 0. The average Bonchev–Trinajstić information content (AvgIpc) is 2.54. The van der Waals surface area contributed by atoms with Crippen LogP contribution in [0.25, 0.3) is 22.3 Å². The third kappa shape index (κ3) is 12.3. The van der Waals surface area contributed by atoms with Gasteiger partial charge in [-0.05, 0) is 224 Å². The summed E-state index contributed by atoms with van der Waals surface area (Å²) >= 11 is 0. The molecule has 85 heavy (non-hydrogen) atoms. The Balaban J connectivity index is 1.07. The molecule has 0 N–H and O–H groups in total. The molecule has 12 aromatic carbocycles. The van der Waals surface area contributed by atoms with Crippen LogP contribution in [-0.4, -0.2) is 0 Å². The molecule has 5 nitrogen and oxygen atoms in total. The lowest BCUT2D eigenvalue weighted by Crippen LogP contribution is -2.11. The summed E-state index contributed by atoms with van der Waals surface area (Å²) in [5.74, 6) is 1.43. The molecule has 0 spiro atoms. The van der Waals surface area contributed by atoms with E-state index >= 15 is 0 Å². The van der Waals surface area contributed by atoms with Gasteiger partial charge in [-0.3, -0.25) is 0 Å². The highest BCUT2D eigenvalue weighted by atomic mass is 16.5. The standard InChI is InChI=1S/C80H70N4O/c1-55-15-31-65(32-16-55)81(66-33-17-56(2)18-34-66)73-13-9-11-63(51-73)77-53-75(83(69-39-23-59(5)24-40-69)70-41-25-60(6)26-42-70)47-49-79(77)85-80-50-48-76(84(71-43-27-61(7)28-44-71)72-45-29-62(8)30-46-72)54-78(80)64-12-10-14-74(52-64)82(67-35-19-57(3)20-36-67)68-37-21-58(4)22-38-68/h9-54H,1-8H3. The second kappa shape index (κ2) is 24.2. The average molecular weight is 1100 g/mol. The second-order valence-electron chi connectivity index (χ2n) is 22.6. The van der Waals surface area contributed by atoms with E-state index in [-0.39, 0.29) is 0 Å². The number of ether oxygens (including phenoxy) is 1. The summed E-state index contributed by atoms with van der Waals surface area (Å²) in [4.78, 5) is 9.36. The summed E-state index contributed by atoms with van der Waals surface area (Å²) in [6, 6.07) is 101. The van der Waals surface area contributed by atoms with E-state index in [0.717, 1.165) is 90.5 Å². The first-order chi connectivity index (χ1) is 41.4. The van der Waals surface area contributed by atoms with Gasteiger partial charge in [0.05, 0.1) is 0 Å². The molecule has 0 amide bonds. The zero-order valence-corrected chi connectivity index (χ0v) is 49.8. The van der Waals surface area contributed by atoms with Crippen LogP contribution < -0.4 is 24.3 Å². The molecule has 12 aromatic rings. The van der Waals surface area contributed by atoms with E-state index in [4.69, 9.17) is 4.74 Å². The van der Waals surface area contributed by atoms with Crippen molar-refractivity contribution in [1.29, 1.82) is 0 Å². The Hall–Kier alpha value is -10.4. The Labute approximate surface area is 502 Å². The van der Waals surface area contributed by atoms with Crippen molar-refractivity contribution < 1.29 is 4.74 Å². The van der Waals surface area contributed by atoms with Crippen LogP contribution in [0.1, 0.15) is 44.5 Å². The van der Waals surface area contributed by atoms with Crippen molar-refractivity contribution in [1.82, 2.24) is 0 Å². The van der Waals surface area contributed by atoms with E-state index in [2.05, 4.69) is 354 Å². The number of anilines is 12. The molecule has 5 heteroatoms. The van der Waals surface area contributed by atoms with E-state index < -0.39 is 0 Å². The highest BCUT2D eigenvalue weighted by Gasteiger charge is 2.23. The van der Waals surface area contributed by atoms with E-state index in [1.54, 1.807) is 0 Å². The van der Waals surface area contributed by atoms with Gasteiger partial charge in [-0.25, -0.2) is 0 Å². The summed E-state index contributed by atoms with van der Waals surface area (Å²) in [7, 11) is 0. The molecule has 0 aliphatic heterocycles. The van der Waals surface area contributed by atoms with E-state index in [1.165, 1.54) is 44.5 Å². The van der Waals surface area contributed by atoms with Crippen LogP contribution in [0.2, 0.25) is 0 Å². The minimum atomic E-state index is 0.714. The Morgan fingerprint density at radius 3 is 0.588 bits per heavy atom. The minimum Gasteiger partial charge on any atom is -0.456 e. The monoisotopic (exact) mass is 1100 g/mol. The van der Waals surface area contributed by atoms with Gasteiger partial charge >= 0.3 is 0 Å². The molecule has 416 valence electrons. The molecule has 0 aromatic heterocycles. The summed E-state index contributed by atoms with van der Waals surface area (Å²) in [5, 5.41) is 0. The fourth-order valence-corrected chi connectivity index (χ4v) is 11.0. The van der Waals surface area contributed by atoms with Gasteiger partial charge in [-0.1, -0.05) is 166 Å². The largest absolute Gasteiger partial charge is 0.456 e. The predicted octanol–water partition coefficient (Wildman–Crippen LogP) is 23.2. The maximum absolute atomic E-state index is 7.63. The lowest BCUT2D eigenvalue weighted by molar-refractivity contribution is 0.486. The van der Waals surface area contributed by atoms with Crippen molar-refractivity contribution in [3.63, 3.8) is 0 Å². The first-order valence-electron chi connectivity index (χ1n) is 29.3. The molecule has 12 rings (SSSR count). The summed E-state index contributed by atoms with van der Waals surface area (Å²) in [5.41, 5.74) is 26.1. The number of rotatable bonds is 16. The molecule has 0 fully saturated rings. The molecule has 0 radical (unpaired) electrons. The van der Waals surface area contributed by atoms with Gasteiger partial charge in [-0.2, -0.15) is 0 Å². The Morgan fingerprint density at radius 2 is 0.376 bits per heavy atom. The first-order valence-corrected chi connectivity index (χ1v) is 29.3. The van der Waals surface area contributed by atoms with E-state index in [0.29, 0.717) is 11.5 Å². The number of benzene rings is 12. The highest BCUT2D eigenvalue weighted by molar-refractivity contribution is 5.89. The molecule has 0 aliphatic rings. The third-order valence-electron chi connectivity index (χ3n) is 15.8. The van der Waals surface area contributed by atoms with Gasteiger partial charge in [0.15, 0.2) is 0 Å². The normalized spacial score (nSPS) is 11.1. The van der Waals surface area contributed by atoms with Crippen molar-refractivity contribution in [3.8, 4) is 33.8 Å². The number of aryl methyl sites for hydroxylation is 8. The van der Waals surface area contributed by atoms with Gasteiger partial charge in [-0.15, -0.1) is 0 Å². The molecular weight excluding hydrogens is 1030 g/mol. The molecule has 0 unspecified atom stereocenters. The number of nitrogens with zero attached hydrogens (tertiary/aromatic N) is 4. The molecular formula is C80H70N4O. The van der Waals surface area contributed by atoms with Crippen LogP contribution in [0.4, 0.5) is 68.2 Å². The van der Waals surface area contributed by atoms with Gasteiger partial charge in [0.1, 0.15) is 11.5 Å². The lowest BCUT2D eigenvalue weighted by Gasteiger charge is -2.29. The van der Waals surface area contributed by atoms with Crippen LogP contribution >= 0.6 is 0 Å². The van der Waals surface area contributed by atoms with E-state index in [1.807, 2.05) is 0 Å². The summed E-state index contributed by atoms with van der Waals surface area (Å²) in [6.07, 6.45) is 0. The molecule has 0 bridgehead atoms. The van der Waals surface area contributed by atoms with Gasteiger partial charge in [0.25, 0.3) is 0 Å². The van der Waals surface area contributed by atoms with Crippen molar-refractivity contribution in [2.75, 3.05) is 19.6 Å². The van der Waals surface area contributed by atoms with Gasteiger partial charge in [0.2, 0.25) is 0 Å². The fourth-order valence-electron chi connectivity index (χ4n) is 11.0. The maximum Gasteiger partial charge on any atom is 0.135 e. The van der Waals surface area contributed by atoms with E-state index in [9.17, 15) is 0 Å². The molecule has 0 aliphatic carbocycles. The smallest absolute Gasteiger partial charge is 0.135 e. The second-order valence-corrected chi connectivity index (χ2v) is 22.6. The lowest BCUT2D eigenvalue weighted by atomic mass is 10.00. The highest BCUT2D eigenvalue weighted by Crippen LogP contribution is 2.48. The molecule has 0 heterocycles. The zero-order chi connectivity index (χ0) is 58.6. The van der Waals surface area contributed by atoms with Crippen molar-refractivity contribution >= 4 is 68.2 Å². The van der Waals surface area contributed by atoms with Crippen molar-refractivity contribution in [3.05, 3.63) is 324 Å². The first kappa shape index (κ1) is 55.2. The number of hydrogen-bond acceptors (Lipinski definition) is 5. The fraction of sp³-hybridized carbons (Fsp3) is 0.100. The minimum absolute atomic E-state index is 0.714. The predicted molar refractivity (Wildman–Crippen MR) is 360 cm³/mol. The van der Waals surface area contributed by atoms with Gasteiger partial charge < -0.3 is 24.3 Å². The molecule has 0 saturated heterocycles. The van der Waals surface area contributed by atoms with Crippen LogP contribution in [-0.2, 0) is 0 Å². The van der Waals surface area contributed by atoms with Crippen molar-refractivity contribution in [2.24, 2.45) is 0 Å². The summed E-state index contributed by atoms with van der Waals surface area (Å²) in [6.45, 7) is 17.1. The zero-order valence-electron chi connectivity index (χ0n) is 49.8. The van der Waals surface area contributed by atoms with Crippen LogP contribution in [0.3, 0.4) is 0 Å². The summed E-state index contributed by atoms with van der Waals surface area (Å²) < 4.78 is 7.63. The Bertz CT molecular complexity index is 3790. The van der Waals surface area contributed by atoms with Gasteiger partial charge in [0, 0.05) is 79.4 Å². The van der Waals surface area contributed by atoms with Crippen LogP contribution in [0, 0.1) is 55.4 Å².